The number of ether oxygens (including phenoxy) is 1. The lowest BCUT2D eigenvalue weighted by Gasteiger charge is -2.36. The van der Waals surface area contributed by atoms with Gasteiger partial charge >= 0.3 is 18.4 Å². The van der Waals surface area contributed by atoms with E-state index in [9.17, 15) is 22.8 Å². The van der Waals surface area contributed by atoms with Gasteiger partial charge in [-0.05, 0) is 96.5 Å². The molecule has 14 heteroatoms. The Balaban J connectivity index is 0.000000198. The molecule has 308 valence electrons. The first kappa shape index (κ1) is 42.5. The molecule has 0 atom stereocenters. The summed E-state index contributed by atoms with van der Waals surface area (Å²) in [6.45, 7) is 12.9. The summed E-state index contributed by atoms with van der Waals surface area (Å²) in [6, 6.07) is 29.2. The van der Waals surface area contributed by atoms with E-state index in [2.05, 4.69) is 88.5 Å². The van der Waals surface area contributed by atoms with Crippen molar-refractivity contribution in [1.29, 1.82) is 0 Å². The molecule has 0 unspecified atom stereocenters. The molecule has 0 radical (unpaired) electrons. The van der Waals surface area contributed by atoms with E-state index in [0.717, 1.165) is 70.2 Å². The van der Waals surface area contributed by atoms with Crippen molar-refractivity contribution >= 4 is 34.8 Å². The fourth-order valence-electron chi connectivity index (χ4n) is 6.58. The number of halogens is 3. The van der Waals surface area contributed by atoms with Crippen LogP contribution in [0, 0.1) is 0 Å². The monoisotopic (exact) mass is 823 g/mol. The van der Waals surface area contributed by atoms with Crippen LogP contribution in [0.15, 0.2) is 121 Å². The fraction of sp³-hybridized carbons (Fsp3) is 0.289. The Hall–Kier alpha value is -6.15. The minimum Gasteiger partial charge on any atom is -0.406 e. The zero-order valence-electron chi connectivity index (χ0n) is 33.7. The van der Waals surface area contributed by atoms with Crippen molar-refractivity contribution in [3.8, 4) is 27.4 Å². The van der Waals surface area contributed by atoms with Crippen LogP contribution in [0.25, 0.3) is 21.7 Å². The van der Waals surface area contributed by atoms with Crippen molar-refractivity contribution in [3.63, 3.8) is 0 Å². The van der Waals surface area contributed by atoms with Crippen LogP contribution in [0.3, 0.4) is 0 Å². The van der Waals surface area contributed by atoms with Crippen molar-refractivity contribution in [2.45, 2.75) is 71.9 Å². The summed E-state index contributed by atoms with van der Waals surface area (Å²) >= 11 is 1.63. The van der Waals surface area contributed by atoms with Crippen LogP contribution < -0.4 is 15.0 Å². The first-order valence-corrected chi connectivity index (χ1v) is 20.2. The molecule has 0 spiro atoms. The van der Waals surface area contributed by atoms with Gasteiger partial charge in [0.05, 0.1) is 6.20 Å². The summed E-state index contributed by atoms with van der Waals surface area (Å²) in [5.41, 5.74) is 7.83. The highest BCUT2D eigenvalue weighted by molar-refractivity contribution is 7.13. The van der Waals surface area contributed by atoms with Gasteiger partial charge in [0.1, 0.15) is 10.8 Å². The van der Waals surface area contributed by atoms with E-state index in [4.69, 9.17) is 0 Å². The average Bonchev–Trinajstić information content (AvgIpc) is 3.95. The second-order valence-electron chi connectivity index (χ2n) is 15.5. The summed E-state index contributed by atoms with van der Waals surface area (Å²) in [5.74, 6) is -0.350. The number of benzene rings is 4. The Morgan fingerprint density at radius 3 is 2.24 bits per heavy atom. The predicted molar refractivity (Wildman–Crippen MR) is 227 cm³/mol. The Bertz CT molecular complexity index is 2270. The number of thiazole rings is 1. The predicted octanol–water partition coefficient (Wildman–Crippen LogP) is 11.4. The van der Waals surface area contributed by atoms with Crippen LogP contribution in [0.4, 0.5) is 34.1 Å². The van der Waals surface area contributed by atoms with Gasteiger partial charge in [0.15, 0.2) is 0 Å². The van der Waals surface area contributed by atoms with Crippen LogP contribution >= 0.6 is 11.3 Å². The molecule has 1 aliphatic rings. The molecular weight excluding hydrogens is 776 g/mol. The SMILES string of the molecule is CC(C)(C)c1ccc(N2CCCN(Cc3cccc(-c4nccs4)c3)C2=O)cc1.CC(C)N(Cc1cccc(-c2cn[nH]c2)c1)C(=O)Nc1ccc(OC(F)(F)F)cc1. The van der Waals surface area contributed by atoms with Crippen molar-refractivity contribution in [2.24, 2.45) is 0 Å². The number of carbonyl (C=O) groups excluding carboxylic acids is 2. The smallest absolute Gasteiger partial charge is 0.406 e. The van der Waals surface area contributed by atoms with E-state index in [0.29, 0.717) is 18.8 Å². The van der Waals surface area contributed by atoms with Gasteiger partial charge in [-0.2, -0.15) is 5.10 Å². The number of aromatic amines is 1. The van der Waals surface area contributed by atoms with Crippen molar-refractivity contribution in [1.82, 2.24) is 25.0 Å². The van der Waals surface area contributed by atoms with E-state index < -0.39 is 6.36 Å². The minimum atomic E-state index is -4.76. The highest BCUT2D eigenvalue weighted by Gasteiger charge is 2.31. The average molecular weight is 824 g/mol. The lowest BCUT2D eigenvalue weighted by Crippen LogP contribution is -2.49. The Morgan fingerprint density at radius 2 is 1.61 bits per heavy atom. The number of H-pyrrole nitrogens is 1. The lowest BCUT2D eigenvalue weighted by molar-refractivity contribution is -0.274. The number of hydrogen-bond acceptors (Lipinski definition) is 6. The highest BCUT2D eigenvalue weighted by Crippen LogP contribution is 2.29. The van der Waals surface area contributed by atoms with Crippen molar-refractivity contribution < 1.29 is 27.5 Å². The van der Waals surface area contributed by atoms with E-state index in [1.807, 2.05) is 65.6 Å². The molecule has 1 fully saturated rings. The molecule has 1 saturated heterocycles. The largest absolute Gasteiger partial charge is 0.573 e. The van der Waals surface area contributed by atoms with E-state index in [1.54, 1.807) is 28.6 Å². The number of aromatic nitrogens is 3. The maximum Gasteiger partial charge on any atom is 0.573 e. The van der Waals surface area contributed by atoms with Crippen molar-refractivity contribution in [2.75, 3.05) is 23.3 Å². The van der Waals surface area contributed by atoms with E-state index in [1.165, 1.54) is 17.7 Å². The van der Waals surface area contributed by atoms with Gasteiger partial charge in [-0.3, -0.25) is 10.00 Å². The molecule has 59 heavy (non-hydrogen) atoms. The number of rotatable bonds is 10. The molecule has 4 amide bonds. The minimum absolute atomic E-state index is 0.0828. The van der Waals surface area contributed by atoms with Gasteiger partial charge in [-0.15, -0.1) is 24.5 Å². The fourth-order valence-corrected chi connectivity index (χ4v) is 7.21. The maximum absolute atomic E-state index is 13.2. The highest BCUT2D eigenvalue weighted by atomic mass is 32.1. The quantitative estimate of drug-likeness (QED) is 0.143. The molecule has 0 bridgehead atoms. The number of amides is 4. The molecule has 2 N–H and O–H groups in total. The van der Waals surface area contributed by atoms with Crippen LogP contribution in [0.5, 0.6) is 5.75 Å². The zero-order chi connectivity index (χ0) is 42.2. The molecule has 3 heterocycles. The summed E-state index contributed by atoms with van der Waals surface area (Å²) in [6.07, 6.45) is 1.54. The first-order chi connectivity index (χ1) is 28.1. The van der Waals surface area contributed by atoms with Gasteiger partial charge < -0.3 is 19.9 Å². The summed E-state index contributed by atoms with van der Waals surface area (Å²) in [4.78, 5) is 35.8. The number of hydrogen-bond donors (Lipinski definition) is 2. The van der Waals surface area contributed by atoms with E-state index in [-0.39, 0.29) is 29.3 Å². The molecular formula is C45H48F3N7O3S. The molecule has 1 aliphatic heterocycles. The molecule has 10 nitrogen and oxygen atoms in total. The normalized spacial score (nSPS) is 13.2. The Morgan fingerprint density at radius 1 is 0.915 bits per heavy atom. The number of nitrogens with zero attached hydrogens (tertiary/aromatic N) is 5. The number of nitrogens with one attached hydrogen (secondary N) is 2. The molecule has 0 saturated carbocycles. The number of urea groups is 2. The van der Waals surface area contributed by atoms with Gasteiger partial charge in [0.2, 0.25) is 0 Å². The maximum atomic E-state index is 13.2. The second-order valence-corrected chi connectivity index (χ2v) is 16.3. The third kappa shape index (κ3) is 11.7. The summed E-state index contributed by atoms with van der Waals surface area (Å²) in [5, 5.41) is 12.4. The Labute approximate surface area is 346 Å². The van der Waals surface area contributed by atoms with Crippen molar-refractivity contribution in [3.05, 3.63) is 138 Å². The lowest BCUT2D eigenvalue weighted by atomic mass is 9.87. The standard InChI is InChI=1S/C24H27N3OS.C21H21F3N4O2/c1-24(2,3)20-8-10-21(11-9-20)27-14-5-13-26(23(27)28)17-18-6-4-7-19(16-18)22-25-12-15-29-22;1-14(2)28(13-15-4-3-5-16(10-15)17-11-25-26-12-17)20(29)27-18-6-8-19(9-7-18)30-21(22,23)24/h4,6-12,15-16H,5,13-14,17H2,1-3H3;3-12,14H,13H2,1-2H3,(H,25,26)(H,27,29). The van der Waals surface area contributed by atoms with Crippen LogP contribution in [0.2, 0.25) is 0 Å². The van der Waals surface area contributed by atoms with Crippen LogP contribution in [-0.4, -0.2) is 62.5 Å². The third-order valence-corrected chi connectivity index (χ3v) is 10.5. The Kier molecular flexibility index (Phi) is 13.4. The molecule has 2 aromatic heterocycles. The van der Waals surface area contributed by atoms with E-state index >= 15 is 0 Å². The first-order valence-electron chi connectivity index (χ1n) is 19.3. The van der Waals surface area contributed by atoms with Gasteiger partial charge in [0, 0.05) is 72.5 Å². The van der Waals surface area contributed by atoms with Gasteiger partial charge in [-0.1, -0.05) is 69.3 Å². The summed E-state index contributed by atoms with van der Waals surface area (Å²) in [7, 11) is 0. The summed E-state index contributed by atoms with van der Waals surface area (Å²) < 4.78 is 40.6. The second kappa shape index (κ2) is 18.6. The van der Waals surface area contributed by atoms with Crippen LogP contribution in [0.1, 0.15) is 57.7 Å². The number of alkyl halides is 3. The van der Waals surface area contributed by atoms with Gasteiger partial charge in [0.25, 0.3) is 0 Å². The van der Waals surface area contributed by atoms with Gasteiger partial charge in [-0.25, -0.2) is 14.6 Å². The van der Waals surface area contributed by atoms with Crippen LogP contribution in [-0.2, 0) is 18.5 Å². The topological polar surface area (TPSA) is 107 Å². The molecule has 7 rings (SSSR count). The number of anilines is 2. The third-order valence-electron chi connectivity index (χ3n) is 9.67. The molecule has 0 aliphatic carbocycles. The molecule has 6 aromatic rings. The zero-order valence-corrected chi connectivity index (χ0v) is 34.5. The number of carbonyl (C=O) groups is 2. The molecule has 4 aromatic carbocycles.